The van der Waals surface area contributed by atoms with Crippen LogP contribution in [0.25, 0.3) is 0 Å². The van der Waals surface area contributed by atoms with E-state index in [0.717, 1.165) is 20.8 Å². The first-order valence-corrected chi connectivity index (χ1v) is 5.12. The Morgan fingerprint density at radius 1 is 0.842 bits per heavy atom. The molecule has 9 nitrogen and oxygen atoms in total. The normalized spacial score (nSPS) is 8.05. The molecular weight excluding hydrogens is 264 g/mol. The number of hydrogen-bond donors (Lipinski definition) is 3. The highest BCUT2D eigenvalue weighted by Crippen LogP contribution is 1.78. The fraction of sp³-hybridized carbons (Fsp3) is 0.700. The second kappa shape index (κ2) is 18.6. The van der Waals surface area contributed by atoms with Gasteiger partial charge >= 0.3 is 11.9 Å². The third-order valence-electron chi connectivity index (χ3n) is 0.748. The molecule has 0 aromatic heterocycles. The maximum absolute atomic E-state index is 9.85. The molecule has 0 spiro atoms. The van der Waals surface area contributed by atoms with E-state index in [1.165, 1.54) is 0 Å². The van der Waals surface area contributed by atoms with Crippen molar-refractivity contribution < 1.29 is 44.2 Å². The van der Waals surface area contributed by atoms with Crippen LogP contribution in [0.1, 0.15) is 20.8 Å². The van der Waals surface area contributed by atoms with Gasteiger partial charge in [-0.1, -0.05) is 0 Å². The number of ether oxygens (including phenoxy) is 1. The maximum Gasteiger partial charge on any atom is 0.352 e. The van der Waals surface area contributed by atoms with Crippen LogP contribution in [-0.4, -0.2) is 59.7 Å². The molecule has 0 aliphatic carbocycles. The summed E-state index contributed by atoms with van der Waals surface area (Å²) in [5.41, 5.74) is 0. The fourth-order valence-electron chi connectivity index (χ4n) is 0.349. The zero-order valence-corrected chi connectivity index (χ0v) is 11.1. The summed E-state index contributed by atoms with van der Waals surface area (Å²) in [6.07, 6.45) is 0. The van der Waals surface area contributed by atoms with Gasteiger partial charge in [-0.3, -0.25) is 4.79 Å². The number of carboxylic acid groups (broad SMARTS) is 1. The number of rotatable bonds is 4. The number of aliphatic carboxylic acids is 1. The molecule has 9 heteroatoms. The van der Waals surface area contributed by atoms with E-state index in [1.807, 2.05) is 0 Å². The molecule has 0 radical (unpaired) electrons. The highest BCUT2D eigenvalue weighted by Gasteiger charge is 1.95. The number of aliphatic hydroxyl groups excluding tert-OH is 2. The third-order valence-corrected chi connectivity index (χ3v) is 0.748. The van der Waals surface area contributed by atoms with Crippen LogP contribution in [0.2, 0.25) is 0 Å². The predicted molar refractivity (Wildman–Crippen MR) is 61.8 cm³/mol. The summed E-state index contributed by atoms with van der Waals surface area (Å²) in [6, 6.07) is 0. The van der Waals surface area contributed by atoms with Gasteiger partial charge in [-0.2, -0.15) is 0 Å². The van der Waals surface area contributed by atoms with Crippen molar-refractivity contribution in [3.8, 4) is 0 Å². The summed E-state index contributed by atoms with van der Waals surface area (Å²) >= 11 is 0. The molecule has 0 aliphatic heterocycles. The second-order valence-corrected chi connectivity index (χ2v) is 2.73. The standard InChI is InChI=1S/C4H6O4.C4H10O3.C2H4O2/c1-3(5)7-8-4(2)6;5-1-3-7-4-2-6;1-2(3)4/h1-2H3;5-6H,1-4H2;1H3,(H,3,4). The Bertz CT molecular complexity index is 217. The van der Waals surface area contributed by atoms with Gasteiger partial charge in [-0.15, -0.1) is 0 Å². The van der Waals surface area contributed by atoms with Crippen molar-refractivity contribution in [3.63, 3.8) is 0 Å². The summed E-state index contributed by atoms with van der Waals surface area (Å²) in [6.45, 7) is 4.06. The Kier molecular flexibility index (Phi) is 22.1. The molecule has 3 N–H and O–H groups in total. The highest BCUT2D eigenvalue weighted by molar-refractivity contribution is 5.69. The first-order chi connectivity index (χ1) is 8.77. The van der Waals surface area contributed by atoms with Gasteiger partial charge in [-0.25, -0.2) is 19.4 Å². The number of hydrogen-bond acceptors (Lipinski definition) is 8. The summed E-state index contributed by atoms with van der Waals surface area (Å²) in [5, 5.41) is 23.6. The van der Waals surface area contributed by atoms with Crippen molar-refractivity contribution in [1.82, 2.24) is 0 Å². The molecule has 0 saturated heterocycles. The predicted octanol–water partition coefficient (Wildman–Crippen LogP) is -0.894. The lowest BCUT2D eigenvalue weighted by Gasteiger charge is -1.94. The summed E-state index contributed by atoms with van der Waals surface area (Å²) in [7, 11) is 0. The second-order valence-electron chi connectivity index (χ2n) is 2.73. The molecule has 0 fully saturated rings. The quantitative estimate of drug-likeness (QED) is 0.340. The Labute approximate surface area is 110 Å². The molecule has 0 rings (SSSR count). The summed E-state index contributed by atoms with van der Waals surface area (Å²) in [4.78, 5) is 36.3. The third kappa shape index (κ3) is 62.6. The molecule has 0 aliphatic rings. The van der Waals surface area contributed by atoms with E-state index in [-0.39, 0.29) is 13.2 Å². The summed E-state index contributed by atoms with van der Waals surface area (Å²) < 4.78 is 4.63. The topological polar surface area (TPSA) is 140 Å². The van der Waals surface area contributed by atoms with E-state index in [9.17, 15) is 9.59 Å². The highest BCUT2D eigenvalue weighted by atomic mass is 17.2. The lowest BCUT2D eigenvalue weighted by atomic mass is 10.7. The van der Waals surface area contributed by atoms with E-state index in [0.29, 0.717) is 13.2 Å². The van der Waals surface area contributed by atoms with Crippen molar-refractivity contribution in [2.24, 2.45) is 0 Å². The van der Waals surface area contributed by atoms with Crippen LogP contribution >= 0.6 is 0 Å². The molecule has 0 atom stereocenters. The largest absolute Gasteiger partial charge is 0.481 e. The van der Waals surface area contributed by atoms with Gasteiger partial charge in [0.15, 0.2) is 0 Å². The molecule has 0 bridgehead atoms. The molecule has 0 unspecified atom stereocenters. The number of carbonyl (C=O) groups excluding carboxylic acids is 2. The molecule has 0 amide bonds. The van der Waals surface area contributed by atoms with E-state index in [1.54, 1.807) is 0 Å². The minimum Gasteiger partial charge on any atom is -0.481 e. The summed E-state index contributed by atoms with van der Waals surface area (Å²) in [5.74, 6) is -2.11. The zero-order valence-electron chi connectivity index (χ0n) is 11.1. The molecule has 0 heterocycles. The van der Waals surface area contributed by atoms with Crippen LogP contribution in [0.5, 0.6) is 0 Å². The Hall–Kier alpha value is -1.71. The fourth-order valence-corrected chi connectivity index (χ4v) is 0.349. The number of carboxylic acids is 1. The van der Waals surface area contributed by atoms with Gasteiger partial charge in [-0.05, 0) is 0 Å². The molecular formula is C10H20O9. The van der Waals surface area contributed by atoms with E-state index >= 15 is 0 Å². The Morgan fingerprint density at radius 2 is 1.11 bits per heavy atom. The number of aliphatic hydroxyl groups is 2. The van der Waals surface area contributed by atoms with E-state index in [4.69, 9.17) is 20.1 Å². The molecule has 19 heavy (non-hydrogen) atoms. The van der Waals surface area contributed by atoms with Crippen LogP contribution in [0.4, 0.5) is 0 Å². The SMILES string of the molecule is CC(=O)O.CC(=O)OOC(C)=O.OCCOCCO. The molecule has 114 valence electrons. The van der Waals surface area contributed by atoms with Gasteiger partial charge in [0, 0.05) is 20.8 Å². The average molecular weight is 284 g/mol. The van der Waals surface area contributed by atoms with Gasteiger partial charge in [0.1, 0.15) is 0 Å². The zero-order chi connectivity index (χ0) is 15.7. The van der Waals surface area contributed by atoms with Gasteiger partial charge in [0.25, 0.3) is 5.97 Å². The first kappa shape index (κ1) is 22.5. The van der Waals surface area contributed by atoms with E-state index < -0.39 is 17.9 Å². The van der Waals surface area contributed by atoms with Gasteiger partial charge in [0.2, 0.25) is 0 Å². The van der Waals surface area contributed by atoms with Crippen LogP contribution in [0, 0.1) is 0 Å². The smallest absolute Gasteiger partial charge is 0.352 e. The molecule has 0 aromatic rings. The lowest BCUT2D eigenvalue weighted by Crippen LogP contribution is -2.03. The van der Waals surface area contributed by atoms with Crippen molar-refractivity contribution >= 4 is 17.9 Å². The minimum atomic E-state index is -0.833. The van der Waals surface area contributed by atoms with Gasteiger partial charge in [0.05, 0.1) is 26.4 Å². The Morgan fingerprint density at radius 3 is 1.26 bits per heavy atom. The van der Waals surface area contributed by atoms with Crippen molar-refractivity contribution in [2.45, 2.75) is 20.8 Å². The minimum absolute atomic E-state index is 0.0278. The Balaban J connectivity index is -0.000000214. The van der Waals surface area contributed by atoms with E-state index in [2.05, 4.69) is 14.5 Å². The van der Waals surface area contributed by atoms with Crippen LogP contribution in [0.15, 0.2) is 0 Å². The average Bonchev–Trinajstić information content (AvgIpc) is 2.27. The van der Waals surface area contributed by atoms with Crippen LogP contribution < -0.4 is 0 Å². The lowest BCUT2D eigenvalue weighted by molar-refractivity contribution is -0.255. The van der Waals surface area contributed by atoms with Gasteiger partial charge < -0.3 is 20.1 Å². The molecule has 0 aromatic carbocycles. The van der Waals surface area contributed by atoms with Crippen molar-refractivity contribution in [3.05, 3.63) is 0 Å². The van der Waals surface area contributed by atoms with Crippen LogP contribution in [0.3, 0.4) is 0 Å². The van der Waals surface area contributed by atoms with Crippen molar-refractivity contribution in [1.29, 1.82) is 0 Å². The van der Waals surface area contributed by atoms with Crippen LogP contribution in [-0.2, 0) is 28.9 Å². The first-order valence-electron chi connectivity index (χ1n) is 5.12. The van der Waals surface area contributed by atoms with Crippen molar-refractivity contribution in [2.75, 3.05) is 26.4 Å². The maximum atomic E-state index is 9.85. The number of carbonyl (C=O) groups is 3. The molecule has 0 saturated carbocycles. The monoisotopic (exact) mass is 284 g/mol.